The van der Waals surface area contributed by atoms with Gasteiger partial charge in [0.2, 0.25) is 0 Å². The van der Waals surface area contributed by atoms with E-state index in [1.54, 1.807) is 24.4 Å². The zero-order valence-corrected chi connectivity index (χ0v) is 8.38. The molecule has 0 atom stereocenters. The van der Waals surface area contributed by atoms with Gasteiger partial charge in [0.05, 0.1) is 17.2 Å². The van der Waals surface area contributed by atoms with Gasteiger partial charge in [-0.1, -0.05) is 12.1 Å². The van der Waals surface area contributed by atoms with E-state index in [0.717, 1.165) is 11.1 Å². The van der Waals surface area contributed by atoms with Crippen molar-refractivity contribution in [1.29, 1.82) is 10.5 Å². The molecule has 3 heteroatoms. The minimum absolute atomic E-state index is 0.514. The van der Waals surface area contributed by atoms with Gasteiger partial charge in [0.1, 0.15) is 6.07 Å². The van der Waals surface area contributed by atoms with E-state index in [0.29, 0.717) is 11.1 Å². The number of pyridine rings is 1. The Labute approximate surface area is 93.2 Å². The highest BCUT2D eigenvalue weighted by atomic mass is 14.6. The fourth-order valence-corrected chi connectivity index (χ4v) is 1.43. The Kier molecular flexibility index (Phi) is 2.63. The van der Waals surface area contributed by atoms with Crippen LogP contribution in [0.15, 0.2) is 42.7 Å². The van der Waals surface area contributed by atoms with Crippen molar-refractivity contribution < 1.29 is 0 Å². The standard InChI is InChI=1S/C13H7N3/c14-6-10-2-1-3-12(4-10)13-5-11(7-15)8-16-9-13/h1-5,8-9H. The third kappa shape index (κ3) is 1.89. The molecule has 3 nitrogen and oxygen atoms in total. The molecule has 2 aromatic rings. The zero-order chi connectivity index (χ0) is 11.4. The maximum atomic E-state index is 8.79. The van der Waals surface area contributed by atoms with Crippen LogP contribution in [0, 0.1) is 22.7 Å². The lowest BCUT2D eigenvalue weighted by Gasteiger charge is -2.01. The summed E-state index contributed by atoms with van der Waals surface area (Å²) in [7, 11) is 0. The molecule has 1 heterocycles. The quantitative estimate of drug-likeness (QED) is 0.718. The molecule has 16 heavy (non-hydrogen) atoms. The summed E-state index contributed by atoms with van der Waals surface area (Å²) >= 11 is 0. The first-order chi connectivity index (χ1) is 7.83. The second kappa shape index (κ2) is 4.25. The Morgan fingerprint density at radius 2 is 1.62 bits per heavy atom. The van der Waals surface area contributed by atoms with Gasteiger partial charge in [-0.3, -0.25) is 4.98 Å². The number of benzene rings is 1. The third-order valence-electron chi connectivity index (χ3n) is 2.19. The first-order valence-electron chi connectivity index (χ1n) is 4.69. The fourth-order valence-electron chi connectivity index (χ4n) is 1.43. The van der Waals surface area contributed by atoms with Crippen molar-refractivity contribution in [3.63, 3.8) is 0 Å². The minimum Gasteiger partial charge on any atom is -0.263 e. The van der Waals surface area contributed by atoms with Crippen molar-refractivity contribution in [3.8, 4) is 23.3 Å². The molecule has 0 aliphatic rings. The number of rotatable bonds is 1. The van der Waals surface area contributed by atoms with Crippen LogP contribution < -0.4 is 0 Å². The highest BCUT2D eigenvalue weighted by molar-refractivity contribution is 5.65. The van der Waals surface area contributed by atoms with Gasteiger partial charge >= 0.3 is 0 Å². The van der Waals surface area contributed by atoms with Crippen LogP contribution in [0.1, 0.15) is 11.1 Å². The van der Waals surface area contributed by atoms with Gasteiger partial charge in [-0.25, -0.2) is 0 Å². The van der Waals surface area contributed by atoms with Crippen molar-refractivity contribution in [3.05, 3.63) is 53.9 Å². The number of nitrogens with zero attached hydrogens (tertiary/aromatic N) is 3. The van der Waals surface area contributed by atoms with E-state index in [2.05, 4.69) is 11.1 Å². The Morgan fingerprint density at radius 1 is 0.875 bits per heavy atom. The molecule has 0 bridgehead atoms. The molecule has 0 aliphatic carbocycles. The van der Waals surface area contributed by atoms with Gasteiger partial charge < -0.3 is 0 Å². The van der Waals surface area contributed by atoms with Crippen LogP contribution in [0.4, 0.5) is 0 Å². The molecule has 0 fully saturated rings. The first-order valence-corrected chi connectivity index (χ1v) is 4.69. The largest absolute Gasteiger partial charge is 0.263 e. The van der Waals surface area contributed by atoms with Crippen LogP contribution in [0.2, 0.25) is 0 Å². The van der Waals surface area contributed by atoms with Crippen LogP contribution in [0.25, 0.3) is 11.1 Å². The molecule has 2 rings (SSSR count). The number of aromatic nitrogens is 1. The predicted molar refractivity (Wildman–Crippen MR) is 59.1 cm³/mol. The average molecular weight is 205 g/mol. The molecule has 0 saturated heterocycles. The van der Waals surface area contributed by atoms with E-state index < -0.39 is 0 Å². The molecule has 1 aromatic heterocycles. The van der Waals surface area contributed by atoms with Crippen molar-refractivity contribution in [2.24, 2.45) is 0 Å². The number of hydrogen-bond donors (Lipinski definition) is 0. The summed E-state index contributed by atoms with van der Waals surface area (Å²) in [6.45, 7) is 0. The lowest BCUT2D eigenvalue weighted by atomic mass is 10.0. The molecule has 0 saturated carbocycles. The molecule has 0 aliphatic heterocycles. The first kappa shape index (κ1) is 9.89. The van der Waals surface area contributed by atoms with E-state index in [1.807, 2.05) is 18.2 Å². The third-order valence-corrected chi connectivity index (χ3v) is 2.19. The zero-order valence-electron chi connectivity index (χ0n) is 8.38. The fraction of sp³-hybridized carbons (Fsp3) is 0. The molecule has 0 N–H and O–H groups in total. The second-order valence-electron chi connectivity index (χ2n) is 3.27. The van der Waals surface area contributed by atoms with Crippen LogP contribution in [0.3, 0.4) is 0 Å². The van der Waals surface area contributed by atoms with Gasteiger partial charge in [-0.05, 0) is 23.8 Å². The Morgan fingerprint density at radius 3 is 2.38 bits per heavy atom. The van der Waals surface area contributed by atoms with Gasteiger partial charge in [0.25, 0.3) is 0 Å². The maximum Gasteiger partial charge on any atom is 0.101 e. The normalized spacial score (nSPS) is 9.12. The van der Waals surface area contributed by atoms with Gasteiger partial charge in [-0.2, -0.15) is 10.5 Å². The maximum absolute atomic E-state index is 8.79. The van der Waals surface area contributed by atoms with E-state index in [1.165, 1.54) is 6.20 Å². The van der Waals surface area contributed by atoms with Crippen molar-refractivity contribution >= 4 is 0 Å². The van der Waals surface area contributed by atoms with E-state index in [-0.39, 0.29) is 0 Å². The molecular weight excluding hydrogens is 198 g/mol. The molecule has 0 radical (unpaired) electrons. The van der Waals surface area contributed by atoms with Crippen molar-refractivity contribution in [1.82, 2.24) is 4.98 Å². The predicted octanol–water partition coefficient (Wildman–Crippen LogP) is 2.49. The summed E-state index contributed by atoms with van der Waals surface area (Å²) in [5, 5.41) is 17.6. The van der Waals surface area contributed by atoms with Crippen LogP contribution >= 0.6 is 0 Å². The molecule has 1 aromatic carbocycles. The SMILES string of the molecule is N#Cc1cccc(-c2cncc(C#N)c2)c1. The van der Waals surface area contributed by atoms with Gasteiger partial charge in [0.15, 0.2) is 0 Å². The topological polar surface area (TPSA) is 60.5 Å². The lowest BCUT2D eigenvalue weighted by molar-refractivity contribution is 1.30. The summed E-state index contributed by atoms with van der Waals surface area (Å²) in [6.07, 6.45) is 3.19. The summed E-state index contributed by atoms with van der Waals surface area (Å²) in [6, 6.07) is 13.1. The van der Waals surface area contributed by atoms with Gasteiger partial charge in [0, 0.05) is 18.0 Å². The summed E-state index contributed by atoms with van der Waals surface area (Å²) < 4.78 is 0. The molecule has 0 spiro atoms. The van der Waals surface area contributed by atoms with Crippen LogP contribution in [-0.4, -0.2) is 4.98 Å². The summed E-state index contributed by atoms with van der Waals surface area (Å²) in [4.78, 5) is 3.98. The smallest absolute Gasteiger partial charge is 0.101 e. The highest BCUT2D eigenvalue weighted by Crippen LogP contribution is 2.20. The van der Waals surface area contributed by atoms with Crippen molar-refractivity contribution in [2.75, 3.05) is 0 Å². The number of hydrogen-bond acceptors (Lipinski definition) is 3. The highest BCUT2D eigenvalue weighted by Gasteiger charge is 2.00. The summed E-state index contributed by atoms with van der Waals surface area (Å²) in [5.74, 6) is 0. The monoisotopic (exact) mass is 205 g/mol. The average Bonchev–Trinajstić information content (AvgIpc) is 2.39. The van der Waals surface area contributed by atoms with Crippen LogP contribution in [0.5, 0.6) is 0 Å². The van der Waals surface area contributed by atoms with Crippen LogP contribution in [-0.2, 0) is 0 Å². The lowest BCUT2D eigenvalue weighted by Crippen LogP contribution is -1.84. The van der Waals surface area contributed by atoms with Gasteiger partial charge in [-0.15, -0.1) is 0 Å². The van der Waals surface area contributed by atoms with E-state index in [4.69, 9.17) is 10.5 Å². The molecule has 74 valence electrons. The Bertz CT molecular complexity index is 548. The molecule has 0 amide bonds. The molecule has 0 unspecified atom stereocenters. The number of nitriles is 2. The Balaban J connectivity index is 2.51. The summed E-state index contributed by atoms with van der Waals surface area (Å²) in [5.41, 5.74) is 2.85. The Hall–Kier alpha value is -2.65. The minimum atomic E-state index is 0.514. The van der Waals surface area contributed by atoms with Crippen molar-refractivity contribution in [2.45, 2.75) is 0 Å². The van der Waals surface area contributed by atoms with E-state index in [9.17, 15) is 0 Å². The molecular formula is C13H7N3. The second-order valence-corrected chi connectivity index (χ2v) is 3.27. The van der Waals surface area contributed by atoms with E-state index >= 15 is 0 Å².